The summed E-state index contributed by atoms with van der Waals surface area (Å²) in [5, 5.41) is 0.256. The number of para-hydroxylation sites is 1. The van der Waals surface area contributed by atoms with Crippen molar-refractivity contribution >= 4 is 28.5 Å². The van der Waals surface area contributed by atoms with E-state index in [9.17, 15) is 9.59 Å². The molecule has 19 heavy (non-hydrogen) atoms. The summed E-state index contributed by atoms with van der Waals surface area (Å²) in [4.78, 5) is 24.2. The van der Waals surface area contributed by atoms with Crippen LogP contribution in [0.1, 0.15) is 17.3 Å². The molecule has 0 N–H and O–H groups in total. The van der Waals surface area contributed by atoms with Gasteiger partial charge in [0.15, 0.2) is 0 Å². The zero-order valence-corrected chi connectivity index (χ0v) is 11.9. The first-order valence-corrected chi connectivity index (χ1v) is 7.15. The number of thioether (sulfide) groups is 1. The molecule has 1 heterocycles. The Hall–Kier alpha value is -1.52. The monoisotopic (exact) mass is 293 g/mol. The van der Waals surface area contributed by atoms with Gasteiger partial charge in [0.25, 0.3) is 5.56 Å². The molecule has 0 amide bonds. The Morgan fingerprint density at radius 2 is 2.00 bits per heavy atom. The lowest BCUT2D eigenvalue weighted by Gasteiger charge is -2.08. The molecule has 0 bridgehead atoms. The minimum Gasteiger partial charge on any atom is -0.282 e. The third kappa shape index (κ3) is 2.91. The summed E-state index contributed by atoms with van der Waals surface area (Å²) in [6.07, 6.45) is 1.61. The van der Waals surface area contributed by atoms with Gasteiger partial charge in [-0.2, -0.15) is 0 Å². The Balaban J connectivity index is 2.56. The van der Waals surface area contributed by atoms with E-state index in [1.165, 1.54) is 4.57 Å². The van der Waals surface area contributed by atoms with Gasteiger partial charge in [0.1, 0.15) is 0 Å². The van der Waals surface area contributed by atoms with Crippen molar-refractivity contribution in [3.63, 3.8) is 0 Å². The standard InChI is InChI=1S/C14H12ClNO2S/c1-2-19-14(18)10-6-5-9-16(13(10)17)12-8-4-3-7-11(12)15/h3-9H,2H2,1H3. The highest BCUT2D eigenvalue weighted by molar-refractivity contribution is 8.14. The van der Waals surface area contributed by atoms with Gasteiger partial charge in [-0.3, -0.25) is 14.2 Å². The van der Waals surface area contributed by atoms with Gasteiger partial charge in [0.2, 0.25) is 5.12 Å². The van der Waals surface area contributed by atoms with Gasteiger partial charge in [0.05, 0.1) is 16.3 Å². The number of halogens is 1. The lowest BCUT2D eigenvalue weighted by molar-refractivity contribution is 0.108. The maximum atomic E-state index is 12.3. The molecule has 2 rings (SSSR count). The summed E-state index contributed by atoms with van der Waals surface area (Å²) in [6, 6.07) is 10.3. The number of rotatable bonds is 3. The maximum absolute atomic E-state index is 12.3. The predicted molar refractivity (Wildman–Crippen MR) is 79.5 cm³/mol. The van der Waals surface area contributed by atoms with E-state index in [0.29, 0.717) is 16.5 Å². The summed E-state index contributed by atoms with van der Waals surface area (Å²) >= 11 is 7.20. The van der Waals surface area contributed by atoms with Crippen molar-refractivity contribution < 1.29 is 4.79 Å². The van der Waals surface area contributed by atoms with E-state index in [1.807, 2.05) is 6.92 Å². The van der Waals surface area contributed by atoms with E-state index in [1.54, 1.807) is 42.6 Å². The smallest absolute Gasteiger partial charge is 0.266 e. The molecule has 1 aromatic carbocycles. The third-order valence-electron chi connectivity index (χ3n) is 2.55. The zero-order chi connectivity index (χ0) is 13.8. The normalized spacial score (nSPS) is 10.4. The molecule has 0 fully saturated rings. The summed E-state index contributed by atoms with van der Waals surface area (Å²) in [7, 11) is 0. The van der Waals surface area contributed by atoms with Crippen LogP contribution in [0.4, 0.5) is 0 Å². The first-order chi connectivity index (χ1) is 9.15. The number of pyridine rings is 1. The molecule has 1 aromatic heterocycles. The highest BCUT2D eigenvalue weighted by atomic mass is 35.5. The van der Waals surface area contributed by atoms with Crippen LogP contribution in [-0.4, -0.2) is 15.4 Å². The Labute approximate surface area is 120 Å². The molecule has 0 radical (unpaired) electrons. The molecule has 98 valence electrons. The first kappa shape index (κ1) is 13.9. The van der Waals surface area contributed by atoms with E-state index in [-0.39, 0.29) is 16.2 Å². The van der Waals surface area contributed by atoms with Gasteiger partial charge in [-0.1, -0.05) is 42.4 Å². The average Bonchev–Trinajstić information content (AvgIpc) is 2.40. The van der Waals surface area contributed by atoms with Crippen LogP contribution in [-0.2, 0) is 0 Å². The molecule has 0 aliphatic carbocycles. The van der Waals surface area contributed by atoms with Gasteiger partial charge in [0, 0.05) is 6.20 Å². The number of carbonyl (C=O) groups excluding carboxylic acids is 1. The lowest BCUT2D eigenvalue weighted by atomic mass is 10.2. The molecule has 0 spiro atoms. The van der Waals surface area contributed by atoms with Gasteiger partial charge in [-0.05, 0) is 30.0 Å². The second-order valence-corrected chi connectivity index (χ2v) is 5.41. The van der Waals surface area contributed by atoms with E-state index < -0.39 is 0 Å². The summed E-state index contributed by atoms with van der Waals surface area (Å²) in [5.41, 5.74) is 0.404. The highest BCUT2D eigenvalue weighted by Gasteiger charge is 2.13. The SMILES string of the molecule is CCSC(=O)c1cccn(-c2ccccc2Cl)c1=O. The van der Waals surface area contributed by atoms with E-state index in [2.05, 4.69) is 0 Å². The van der Waals surface area contributed by atoms with Crippen molar-refractivity contribution in [1.82, 2.24) is 4.57 Å². The van der Waals surface area contributed by atoms with Crippen molar-refractivity contribution in [1.29, 1.82) is 0 Å². The van der Waals surface area contributed by atoms with E-state index >= 15 is 0 Å². The molecular formula is C14H12ClNO2S. The quantitative estimate of drug-likeness (QED) is 0.871. The number of carbonyl (C=O) groups is 1. The van der Waals surface area contributed by atoms with E-state index in [4.69, 9.17) is 11.6 Å². The summed E-state index contributed by atoms with van der Waals surface area (Å²) in [6.45, 7) is 1.87. The minimum atomic E-state index is -0.346. The zero-order valence-electron chi connectivity index (χ0n) is 10.3. The van der Waals surface area contributed by atoms with Gasteiger partial charge >= 0.3 is 0 Å². The molecule has 0 aliphatic heterocycles. The van der Waals surface area contributed by atoms with Crippen LogP contribution in [0.5, 0.6) is 0 Å². The number of hydrogen-bond acceptors (Lipinski definition) is 3. The molecule has 0 saturated carbocycles. The van der Waals surface area contributed by atoms with Gasteiger partial charge in [-0.15, -0.1) is 0 Å². The van der Waals surface area contributed by atoms with E-state index in [0.717, 1.165) is 11.8 Å². The number of hydrogen-bond donors (Lipinski definition) is 0. The van der Waals surface area contributed by atoms with Crippen LogP contribution >= 0.6 is 23.4 Å². The largest absolute Gasteiger partial charge is 0.282 e. The summed E-state index contributed by atoms with van der Waals surface area (Å²) in [5.74, 6) is 0.638. The molecule has 0 atom stereocenters. The highest BCUT2D eigenvalue weighted by Crippen LogP contribution is 2.18. The van der Waals surface area contributed by atoms with Crippen LogP contribution in [0.25, 0.3) is 5.69 Å². The third-order valence-corrected chi connectivity index (χ3v) is 3.64. The molecular weight excluding hydrogens is 282 g/mol. The van der Waals surface area contributed by atoms with Crippen molar-refractivity contribution in [3.05, 3.63) is 63.5 Å². The molecule has 0 aliphatic rings. The molecule has 0 unspecified atom stereocenters. The Morgan fingerprint density at radius 3 is 2.68 bits per heavy atom. The molecule has 2 aromatic rings. The average molecular weight is 294 g/mol. The number of nitrogens with zero attached hydrogens (tertiary/aromatic N) is 1. The van der Waals surface area contributed by atoms with Crippen LogP contribution < -0.4 is 5.56 Å². The minimum absolute atomic E-state index is 0.175. The van der Waals surface area contributed by atoms with Crippen molar-refractivity contribution in [2.45, 2.75) is 6.92 Å². The fourth-order valence-electron chi connectivity index (χ4n) is 1.70. The van der Waals surface area contributed by atoms with Crippen molar-refractivity contribution in [2.75, 3.05) is 5.75 Å². The van der Waals surface area contributed by atoms with Crippen molar-refractivity contribution in [3.8, 4) is 5.69 Å². The molecule has 5 heteroatoms. The van der Waals surface area contributed by atoms with Crippen LogP contribution in [0, 0.1) is 0 Å². The summed E-state index contributed by atoms with van der Waals surface area (Å²) < 4.78 is 1.39. The van der Waals surface area contributed by atoms with Gasteiger partial charge in [-0.25, -0.2) is 0 Å². The first-order valence-electron chi connectivity index (χ1n) is 5.79. The van der Waals surface area contributed by atoms with Crippen molar-refractivity contribution in [2.24, 2.45) is 0 Å². The lowest BCUT2D eigenvalue weighted by Crippen LogP contribution is -2.23. The molecule has 3 nitrogen and oxygen atoms in total. The second-order valence-electron chi connectivity index (χ2n) is 3.77. The van der Waals surface area contributed by atoms with Crippen LogP contribution in [0.3, 0.4) is 0 Å². The molecule has 0 saturated heterocycles. The Kier molecular flexibility index (Phi) is 4.45. The predicted octanol–water partition coefficient (Wildman–Crippen LogP) is 3.38. The fraction of sp³-hybridized carbons (Fsp3) is 0.143. The second kappa shape index (κ2) is 6.08. The topological polar surface area (TPSA) is 39.1 Å². The fourth-order valence-corrected chi connectivity index (χ4v) is 2.49. The van der Waals surface area contributed by atoms with Crippen LogP contribution in [0.2, 0.25) is 5.02 Å². The van der Waals surface area contributed by atoms with Gasteiger partial charge < -0.3 is 0 Å². The number of aromatic nitrogens is 1. The maximum Gasteiger partial charge on any atom is 0.266 e. The Morgan fingerprint density at radius 1 is 1.26 bits per heavy atom. The Bertz CT molecular complexity index is 666. The van der Waals surface area contributed by atoms with Crippen LogP contribution in [0.15, 0.2) is 47.4 Å². The number of benzene rings is 1.